The molecule has 17 rings (SSSR count). The van der Waals surface area contributed by atoms with Gasteiger partial charge in [-0.2, -0.15) is 36.2 Å². The molecule has 121 heavy (non-hydrogen) atoms. The Morgan fingerprint density at radius 2 is 0.760 bits per heavy atom. The fourth-order valence-electron chi connectivity index (χ4n) is 17.1. The van der Waals surface area contributed by atoms with Crippen LogP contribution in [0.3, 0.4) is 0 Å². The fraction of sp³-hybridized carbons (Fsp3) is 0.333. The molecule has 0 unspecified atom stereocenters. The molecular weight excluding hydrogens is 1540 g/mol. The number of nitrogens with zero attached hydrogens (tertiary/aromatic N) is 15. The van der Waals surface area contributed by atoms with Crippen LogP contribution in [0.4, 0.5) is 17.5 Å². The number of nitriles is 3. The Morgan fingerprint density at radius 3 is 1.04 bits per heavy atom. The topological polar surface area (TPSA) is 382 Å². The number of carbonyl (C=O) groups excluding carboxylic acids is 6. The van der Waals surface area contributed by atoms with Crippen molar-refractivity contribution >= 4 is 64.4 Å². The average molecular weight is 1630 g/mol. The van der Waals surface area contributed by atoms with E-state index in [2.05, 4.69) is 189 Å². The highest BCUT2D eigenvalue weighted by Crippen LogP contribution is 2.50. The zero-order chi connectivity index (χ0) is 84.4. The van der Waals surface area contributed by atoms with Gasteiger partial charge in [-0.25, -0.2) is 4.37 Å². The zero-order valence-electron chi connectivity index (χ0n) is 67.3. The summed E-state index contributed by atoms with van der Waals surface area (Å²) in [6, 6.07) is 63.8. The van der Waals surface area contributed by atoms with Crippen LogP contribution in [0.15, 0.2) is 206 Å². The van der Waals surface area contributed by atoms with E-state index in [4.69, 9.17) is 23.6 Å². The molecule has 8 heterocycles. The summed E-state index contributed by atoms with van der Waals surface area (Å²) in [6.45, 7) is 7.04. The van der Waals surface area contributed by atoms with Gasteiger partial charge in [0.25, 0.3) is 17.7 Å². The SMILES string of the molecule is C#C[C@H]1C[C@@H]1C(=O)Nc1nn(C2(CC#N)CCN(Cc3ccc(-c4ccccc4)cc3)CC2)cc1C(N)=O.Cn1cc([C@H]2C[C@@H]2C(=O)Nc2nn(C3(CC#N)CCN(Cc4ccc(-c5ccccc5)cc4)CC3)cc2C(N)=O)cn1.N#CCC1(n2cc(C(N)=O)c(NC(=O)[C@H]3C[C@@H]3c3cnsc3)n2)CCN(Cc2ccc(-c3ccccc3)cc2)CC1. The van der Waals surface area contributed by atoms with E-state index >= 15 is 0 Å². The van der Waals surface area contributed by atoms with Crippen molar-refractivity contribution in [3.63, 3.8) is 0 Å². The van der Waals surface area contributed by atoms with Gasteiger partial charge in [0.15, 0.2) is 17.5 Å². The molecule has 27 nitrogen and oxygen atoms in total. The van der Waals surface area contributed by atoms with Crippen molar-refractivity contribution in [2.75, 3.05) is 55.2 Å². The van der Waals surface area contributed by atoms with Crippen LogP contribution in [0.5, 0.6) is 0 Å². The van der Waals surface area contributed by atoms with Crippen LogP contribution in [0, 0.1) is 70.0 Å². The zero-order valence-corrected chi connectivity index (χ0v) is 68.1. The van der Waals surface area contributed by atoms with E-state index in [1.54, 1.807) is 49.7 Å². The second kappa shape index (κ2) is 36.4. The molecule has 3 aliphatic heterocycles. The van der Waals surface area contributed by atoms with Gasteiger partial charge in [0.2, 0.25) is 17.7 Å². The van der Waals surface area contributed by atoms with Crippen LogP contribution in [0.1, 0.15) is 148 Å². The largest absolute Gasteiger partial charge is 0.365 e. The van der Waals surface area contributed by atoms with Crippen LogP contribution >= 0.6 is 11.5 Å². The van der Waals surface area contributed by atoms with E-state index in [1.165, 1.54) is 61.6 Å². The number of rotatable bonds is 26. The minimum atomic E-state index is -0.681. The summed E-state index contributed by atoms with van der Waals surface area (Å²) < 4.78 is 10.9. The molecule has 6 atom stereocenters. The molecule has 9 N–H and O–H groups in total. The summed E-state index contributed by atoms with van der Waals surface area (Å²) in [5.74, 6) is -0.140. The second-order valence-electron chi connectivity index (χ2n) is 32.7. The van der Waals surface area contributed by atoms with Gasteiger partial charge in [-0.3, -0.25) is 62.2 Å². The minimum absolute atomic E-state index is 0.0853. The van der Waals surface area contributed by atoms with E-state index in [0.717, 1.165) is 76.5 Å². The number of benzene rings is 6. The van der Waals surface area contributed by atoms with Gasteiger partial charge in [-0.15, -0.1) is 12.3 Å². The number of carbonyl (C=O) groups is 6. The quantitative estimate of drug-likeness (QED) is 0.0274. The maximum Gasteiger partial charge on any atom is 0.254 e. The third-order valence-corrected chi connectivity index (χ3v) is 25.3. The lowest BCUT2D eigenvalue weighted by Gasteiger charge is -2.40. The van der Waals surface area contributed by atoms with Gasteiger partial charge in [0, 0.05) is 120 Å². The second-order valence-corrected chi connectivity index (χ2v) is 33.3. The van der Waals surface area contributed by atoms with E-state index in [1.807, 2.05) is 73.2 Å². The van der Waals surface area contributed by atoms with Crippen LogP contribution in [-0.4, -0.2) is 133 Å². The summed E-state index contributed by atoms with van der Waals surface area (Å²) >= 11 is 1.37. The number of aryl methyl sites for hydroxylation is 1. The summed E-state index contributed by atoms with van der Waals surface area (Å²) in [5, 5.41) is 57.5. The van der Waals surface area contributed by atoms with E-state index in [0.29, 0.717) is 51.4 Å². The third kappa shape index (κ3) is 19.1. The number of piperidine rings is 3. The van der Waals surface area contributed by atoms with Gasteiger partial charge in [0.05, 0.1) is 66.2 Å². The molecule has 6 fully saturated rings. The molecule has 3 saturated heterocycles. The Bertz CT molecular complexity index is 5710. The van der Waals surface area contributed by atoms with Crippen molar-refractivity contribution in [1.29, 1.82) is 15.8 Å². The molecule has 3 aliphatic carbocycles. The highest BCUT2D eigenvalue weighted by atomic mass is 32.1. The molecule has 28 heteroatoms. The standard InChI is InChI=1S/C32H34N8O2.C31H31N7O2S.C30H30N6O2/c1-38-20-25(18-35-38)26-17-27(26)31(42)36-30-28(29(34)41)21-40(37-30)32(11-14-33)12-15-39(16-13-32)19-22-7-9-24(10-8-22)23-5-3-2-4-6-23;32-13-10-31(11-14-37(15-12-31)18-21-6-8-23(9-7-21)22-4-2-1-3-5-22)38-19-27(28(33)39)29(36-38)35-30(40)26-16-25(26)24-17-34-41-20-24;1-2-22-18-25(22)29(38)33-28-26(27(32)37)20-36(34-28)30(12-15-31)13-16-35(17-14-30)19-21-8-10-24(11-9-21)23-6-4-3-5-7-23/h2-10,18,20-21,26-27H,11-13,15-17,19H2,1H3,(H2,34,41)(H,36,37,42);1-9,17,19-20,25-26H,10-12,14-16,18H2,(H2,33,39)(H,35,36,40);1,3-11,20,22,25H,12-14,16-19H2,(H2,32,37)(H,33,34,38)/t26-,27+;25-,26+;22-,25-/m110/s1. The number of hydrogen-bond donors (Lipinski definition) is 6. The minimum Gasteiger partial charge on any atom is -0.365 e. The van der Waals surface area contributed by atoms with Crippen molar-refractivity contribution in [3.8, 4) is 63.9 Å². The van der Waals surface area contributed by atoms with E-state index in [-0.39, 0.29) is 107 Å². The van der Waals surface area contributed by atoms with E-state index in [9.17, 15) is 44.6 Å². The van der Waals surface area contributed by atoms with Crippen molar-refractivity contribution in [1.82, 2.24) is 58.2 Å². The monoisotopic (exact) mass is 1630 g/mol. The van der Waals surface area contributed by atoms with Crippen molar-refractivity contribution in [3.05, 3.63) is 251 Å². The van der Waals surface area contributed by atoms with Crippen molar-refractivity contribution in [2.24, 2.45) is 47.9 Å². The molecular formula is C93H95N21O6S. The van der Waals surface area contributed by atoms with Crippen LogP contribution in [0.2, 0.25) is 0 Å². The number of nitrogens with one attached hydrogen (secondary N) is 3. The average Bonchev–Trinajstić information content (AvgIpc) is 1.64. The lowest BCUT2D eigenvalue weighted by Crippen LogP contribution is -2.46. The van der Waals surface area contributed by atoms with Crippen LogP contribution in [0.25, 0.3) is 33.4 Å². The number of aromatic nitrogens is 9. The molecule has 6 aliphatic rings. The molecule has 3 saturated carbocycles. The summed E-state index contributed by atoms with van der Waals surface area (Å²) in [5.41, 5.74) is 28.6. The van der Waals surface area contributed by atoms with Crippen molar-refractivity contribution < 1.29 is 28.8 Å². The number of terminal acetylenes is 1. The maximum atomic E-state index is 13.1. The van der Waals surface area contributed by atoms with E-state index < -0.39 is 34.3 Å². The lowest BCUT2D eigenvalue weighted by molar-refractivity contribution is -0.118. The maximum absolute atomic E-state index is 13.1. The number of primary amides is 3. The first-order valence-corrected chi connectivity index (χ1v) is 41.7. The molecule has 614 valence electrons. The highest BCUT2D eigenvalue weighted by molar-refractivity contribution is 7.03. The Hall–Kier alpha value is -13.5. The molecule has 0 radical (unpaired) electrons. The number of nitrogens with two attached hydrogens (primary N) is 3. The Labute approximate surface area is 706 Å². The summed E-state index contributed by atoms with van der Waals surface area (Å²) in [6.07, 6.45) is 22.6. The van der Waals surface area contributed by atoms with Crippen LogP contribution in [-0.2, 0) is 57.7 Å². The first-order valence-electron chi connectivity index (χ1n) is 40.9. The molecule has 5 aromatic heterocycles. The Kier molecular flexibility index (Phi) is 24.8. The fourth-order valence-corrected chi connectivity index (χ4v) is 17.7. The normalized spacial score (nSPS) is 19.8. The summed E-state index contributed by atoms with van der Waals surface area (Å²) in [7, 11) is 1.84. The van der Waals surface area contributed by atoms with Gasteiger partial charge in [0.1, 0.15) is 16.7 Å². The van der Waals surface area contributed by atoms with Crippen LogP contribution < -0.4 is 33.2 Å². The smallest absolute Gasteiger partial charge is 0.254 e. The number of amides is 6. The van der Waals surface area contributed by atoms with Gasteiger partial charge < -0.3 is 33.2 Å². The third-order valence-electron chi connectivity index (χ3n) is 24.7. The summed E-state index contributed by atoms with van der Waals surface area (Å²) in [4.78, 5) is 82.5. The highest BCUT2D eigenvalue weighted by Gasteiger charge is 2.48. The first-order chi connectivity index (χ1) is 58.7. The number of likely N-dealkylation sites (tertiary alicyclic amines) is 3. The Morgan fingerprint density at radius 1 is 0.438 bits per heavy atom. The van der Waals surface area contributed by atoms with Gasteiger partial charge in [-0.1, -0.05) is 164 Å². The lowest BCUT2D eigenvalue weighted by atomic mass is 9.84. The Balaban J connectivity index is 0.000000141. The van der Waals surface area contributed by atoms with Crippen molar-refractivity contribution in [2.45, 2.75) is 125 Å². The van der Waals surface area contributed by atoms with Gasteiger partial charge >= 0.3 is 0 Å². The molecule has 0 spiro atoms. The first kappa shape index (κ1) is 82.6. The molecule has 6 aromatic carbocycles. The molecule has 6 amide bonds. The number of hydrogen-bond acceptors (Lipinski definition) is 18. The van der Waals surface area contributed by atoms with Gasteiger partial charge in [-0.05, 0) is 142 Å². The predicted molar refractivity (Wildman–Crippen MR) is 459 cm³/mol. The molecule has 11 aromatic rings. The predicted octanol–water partition coefficient (Wildman–Crippen LogP) is 12.5. The number of anilines is 3. The molecule has 0 bridgehead atoms.